The van der Waals surface area contributed by atoms with Crippen LogP contribution in [0.4, 0.5) is 0 Å². The average molecular weight is 218 g/mol. The first-order valence-corrected chi connectivity index (χ1v) is 6.33. The summed E-state index contributed by atoms with van der Waals surface area (Å²) in [6.07, 6.45) is 4.04. The molecule has 16 heavy (non-hydrogen) atoms. The summed E-state index contributed by atoms with van der Waals surface area (Å²) in [5, 5.41) is 2.37. The molecule has 0 saturated carbocycles. The smallest absolute Gasteiger partial charge is 0.0436 e. The van der Waals surface area contributed by atoms with Crippen molar-refractivity contribution in [1.29, 1.82) is 0 Å². The first-order valence-electron chi connectivity index (χ1n) is 6.33. The molecule has 0 spiro atoms. The van der Waals surface area contributed by atoms with E-state index in [1.165, 1.54) is 43.5 Å². The van der Waals surface area contributed by atoms with E-state index >= 15 is 0 Å². The summed E-state index contributed by atoms with van der Waals surface area (Å²) in [5.41, 5.74) is 6.29. The summed E-state index contributed by atoms with van der Waals surface area (Å²) in [7, 11) is 0. The Bertz CT molecular complexity index is 312. The lowest BCUT2D eigenvalue weighted by atomic mass is 10.1. The van der Waals surface area contributed by atoms with E-state index in [0.29, 0.717) is 6.04 Å². The van der Waals surface area contributed by atoms with Gasteiger partial charge in [-0.1, -0.05) is 36.2 Å². The number of nitrogens with zero attached hydrogens (tertiary/aromatic N) is 1. The topological polar surface area (TPSA) is 15.3 Å². The normalized spacial score (nSPS) is 19.6. The van der Waals surface area contributed by atoms with Crippen molar-refractivity contribution in [2.75, 3.05) is 13.1 Å². The largest absolute Gasteiger partial charge is 0.248 e. The van der Waals surface area contributed by atoms with Gasteiger partial charge in [0, 0.05) is 19.1 Å². The monoisotopic (exact) mass is 218 g/mol. The van der Waals surface area contributed by atoms with Crippen LogP contribution in [0.25, 0.3) is 0 Å². The van der Waals surface area contributed by atoms with Gasteiger partial charge in [0.25, 0.3) is 0 Å². The van der Waals surface area contributed by atoms with E-state index in [1.807, 2.05) is 0 Å². The molecule has 2 rings (SSSR count). The van der Waals surface area contributed by atoms with Crippen LogP contribution in [0.2, 0.25) is 0 Å². The third-order valence-electron chi connectivity index (χ3n) is 3.31. The lowest BCUT2D eigenvalue weighted by Gasteiger charge is -2.30. The first-order chi connectivity index (χ1) is 7.75. The van der Waals surface area contributed by atoms with Crippen LogP contribution in [0.1, 0.15) is 43.4 Å². The molecule has 1 aromatic carbocycles. The molecule has 1 unspecified atom stereocenters. The highest BCUT2D eigenvalue weighted by molar-refractivity contribution is 5.23. The number of aryl methyl sites for hydroxylation is 1. The number of piperidine rings is 1. The molecular weight excluding hydrogens is 196 g/mol. The van der Waals surface area contributed by atoms with E-state index in [-0.39, 0.29) is 0 Å². The van der Waals surface area contributed by atoms with Crippen LogP contribution in [-0.2, 0) is 0 Å². The Labute approximate surface area is 98.6 Å². The van der Waals surface area contributed by atoms with E-state index in [0.717, 1.165) is 0 Å². The van der Waals surface area contributed by atoms with Gasteiger partial charge in [-0.15, -0.1) is 0 Å². The number of benzene rings is 1. The Morgan fingerprint density at radius 3 is 2.31 bits per heavy atom. The minimum Gasteiger partial charge on any atom is -0.248 e. The van der Waals surface area contributed by atoms with Crippen molar-refractivity contribution in [3.63, 3.8) is 0 Å². The maximum atomic E-state index is 3.59. The van der Waals surface area contributed by atoms with Crippen LogP contribution < -0.4 is 5.43 Å². The number of hydrogen-bond donors (Lipinski definition) is 1. The Balaban J connectivity index is 1.91. The Hall–Kier alpha value is -0.860. The van der Waals surface area contributed by atoms with Crippen molar-refractivity contribution in [2.45, 2.75) is 39.2 Å². The summed E-state index contributed by atoms with van der Waals surface area (Å²) in [6, 6.07) is 9.22. The highest BCUT2D eigenvalue weighted by Gasteiger charge is 2.13. The van der Waals surface area contributed by atoms with E-state index in [9.17, 15) is 0 Å². The molecule has 0 radical (unpaired) electrons. The zero-order valence-electron chi connectivity index (χ0n) is 10.4. The minimum absolute atomic E-state index is 0.415. The second-order valence-electron chi connectivity index (χ2n) is 4.81. The Morgan fingerprint density at radius 2 is 1.69 bits per heavy atom. The third-order valence-corrected chi connectivity index (χ3v) is 3.31. The molecule has 2 heteroatoms. The first kappa shape index (κ1) is 11.6. The van der Waals surface area contributed by atoms with Crippen LogP contribution in [0, 0.1) is 6.92 Å². The summed E-state index contributed by atoms with van der Waals surface area (Å²) in [5.74, 6) is 0. The molecule has 1 saturated heterocycles. The lowest BCUT2D eigenvalue weighted by Crippen LogP contribution is -2.42. The van der Waals surface area contributed by atoms with Gasteiger partial charge in [0.15, 0.2) is 0 Å². The molecule has 0 aromatic heterocycles. The van der Waals surface area contributed by atoms with Gasteiger partial charge >= 0.3 is 0 Å². The zero-order chi connectivity index (χ0) is 11.4. The molecule has 1 aliphatic rings. The molecule has 2 nitrogen and oxygen atoms in total. The SMILES string of the molecule is Cc1ccc(C(C)NN2CCCCC2)cc1. The van der Waals surface area contributed by atoms with Crippen LogP contribution >= 0.6 is 0 Å². The second kappa shape index (κ2) is 5.46. The van der Waals surface area contributed by atoms with Gasteiger partial charge in [-0.3, -0.25) is 0 Å². The lowest BCUT2D eigenvalue weighted by molar-refractivity contribution is 0.133. The van der Waals surface area contributed by atoms with Crippen molar-refractivity contribution < 1.29 is 0 Å². The molecule has 1 heterocycles. The van der Waals surface area contributed by atoms with Crippen molar-refractivity contribution >= 4 is 0 Å². The summed E-state index contributed by atoms with van der Waals surface area (Å²) < 4.78 is 0. The van der Waals surface area contributed by atoms with E-state index in [4.69, 9.17) is 0 Å². The summed E-state index contributed by atoms with van der Waals surface area (Å²) >= 11 is 0. The highest BCUT2D eigenvalue weighted by atomic mass is 15.5. The molecule has 0 amide bonds. The van der Waals surface area contributed by atoms with Crippen molar-refractivity contribution in [2.24, 2.45) is 0 Å². The predicted molar refractivity (Wildman–Crippen MR) is 68.2 cm³/mol. The van der Waals surface area contributed by atoms with Gasteiger partial charge < -0.3 is 0 Å². The fraction of sp³-hybridized carbons (Fsp3) is 0.571. The summed E-state index contributed by atoms with van der Waals surface area (Å²) in [6.45, 7) is 6.75. The molecule has 1 aliphatic heterocycles. The minimum atomic E-state index is 0.415. The maximum absolute atomic E-state index is 3.59. The van der Waals surface area contributed by atoms with Crippen molar-refractivity contribution in [1.82, 2.24) is 10.4 Å². The van der Waals surface area contributed by atoms with Gasteiger partial charge in [0.05, 0.1) is 0 Å². The maximum Gasteiger partial charge on any atom is 0.0436 e. The summed E-state index contributed by atoms with van der Waals surface area (Å²) in [4.78, 5) is 0. The molecule has 1 N–H and O–H groups in total. The highest BCUT2D eigenvalue weighted by Crippen LogP contribution is 2.15. The van der Waals surface area contributed by atoms with Crippen LogP contribution in [0.5, 0.6) is 0 Å². The van der Waals surface area contributed by atoms with Crippen molar-refractivity contribution in [3.8, 4) is 0 Å². The third kappa shape index (κ3) is 3.06. The molecule has 1 atom stereocenters. The number of hydrogen-bond acceptors (Lipinski definition) is 2. The average Bonchev–Trinajstić information content (AvgIpc) is 2.31. The van der Waals surface area contributed by atoms with Gasteiger partial charge in [0.2, 0.25) is 0 Å². The molecule has 88 valence electrons. The Morgan fingerprint density at radius 1 is 1.06 bits per heavy atom. The van der Waals surface area contributed by atoms with Gasteiger partial charge in [-0.05, 0) is 32.3 Å². The fourth-order valence-corrected chi connectivity index (χ4v) is 2.23. The number of nitrogens with one attached hydrogen (secondary N) is 1. The van der Waals surface area contributed by atoms with Crippen LogP contribution in [0.3, 0.4) is 0 Å². The van der Waals surface area contributed by atoms with Gasteiger partial charge in [-0.2, -0.15) is 0 Å². The fourth-order valence-electron chi connectivity index (χ4n) is 2.23. The zero-order valence-corrected chi connectivity index (χ0v) is 10.4. The predicted octanol–water partition coefficient (Wildman–Crippen LogP) is 3.05. The number of hydrazine groups is 1. The second-order valence-corrected chi connectivity index (χ2v) is 4.81. The van der Waals surface area contributed by atoms with E-state index < -0.39 is 0 Å². The van der Waals surface area contributed by atoms with E-state index in [1.54, 1.807) is 0 Å². The van der Waals surface area contributed by atoms with Gasteiger partial charge in [-0.25, -0.2) is 10.4 Å². The van der Waals surface area contributed by atoms with Gasteiger partial charge in [0.1, 0.15) is 0 Å². The van der Waals surface area contributed by atoms with Crippen LogP contribution in [-0.4, -0.2) is 18.1 Å². The molecule has 1 fully saturated rings. The molecule has 1 aromatic rings. The quantitative estimate of drug-likeness (QED) is 0.839. The Kier molecular flexibility index (Phi) is 3.97. The van der Waals surface area contributed by atoms with Crippen LogP contribution in [0.15, 0.2) is 24.3 Å². The standard InChI is InChI=1S/C14H22N2/c1-12-6-8-14(9-7-12)13(2)15-16-10-4-3-5-11-16/h6-9,13,15H,3-5,10-11H2,1-2H3. The number of rotatable bonds is 3. The molecular formula is C14H22N2. The molecule has 0 bridgehead atoms. The van der Waals surface area contributed by atoms with E-state index in [2.05, 4.69) is 48.5 Å². The molecule has 0 aliphatic carbocycles. The van der Waals surface area contributed by atoms with Crippen molar-refractivity contribution in [3.05, 3.63) is 35.4 Å².